The number of benzene rings is 2. The van der Waals surface area contributed by atoms with E-state index in [1.165, 1.54) is 12.1 Å². The molecule has 0 aliphatic carbocycles. The highest BCUT2D eigenvalue weighted by molar-refractivity contribution is 8.04. The minimum absolute atomic E-state index is 0.131. The lowest BCUT2D eigenvalue weighted by atomic mass is 10.2. The first kappa shape index (κ1) is 15.8. The molecule has 0 fully saturated rings. The lowest BCUT2D eigenvalue weighted by molar-refractivity contribution is 0.0696. The van der Waals surface area contributed by atoms with Crippen molar-refractivity contribution in [2.24, 2.45) is 0 Å². The predicted octanol–water partition coefficient (Wildman–Crippen LogP) is 3.35. The molecule has 1 atom stereocenters. The van der Waals surface area contributed by atoms with Crippen molar-refractivity contribution in [3.8, 4) is 0 Å². The summed E-state index contributed by atoms with van der Waals surface area (Å²) in [5.74, 6) is -1.04. The minimum Gasteiger partial charge on any atom is -0.478 e. The summed E-state index contributed by atoms with van der Waals surface area (Å²) in [6.07, 6.45) is 0. The van der Waals surface area contributed by atoms with Crippen molar-refractivity contribution in [3.05, 3.63) is 65.7 Å². The fourth-order valence-corrected chi connectivity index (χ4v) is 4.07. The molecular formula is C14H13O5PS. The minimum atomic E-state index is -4.35. The molecule has 0 aromatic heterocycles. The number of carbonyl (C=O) groups is 1. The Balaban J connectivity index is 2.28. The highest BCUT2D eigenvalue weighted by atomic mass is 32.2. The number of rotatable bonds is 5. The van der Waals surface area contributed by atoms with E-state index in [4.69, 9.17) is 5.11 Å². The van der Waals surface area contributed by atoms with E-state index >= 15 is 0 Å². The molecule has 7 heteroatoms. The van der Waals surface area contributed by atoms with Gasteiger partial charge < -0.3 is 14.9 Å². The highest BCUT2D eigenvalue weighted by Crippen LogP contribution is 2.59. The van der Waals surface area contributed by atoms with Crippen molar-refractivity contribution in [3.63, 3.8) is 0 Å². The van der Waals surface area contributed by atoms with Crippen LogP contribution in [0.1, 0.15) is 20.9 Å². The summed E-state index contributed by atoms with van der Waals surface area (Å²) in [5, 5.41) is 8.83. The number of carboxylic acid groups (broad SMARTS) is 1. The van der Waals surface area contributed by atoms with E-state index < -0.39 is 18.6 Å². The summed E-state index contributed by atoms with van der Waals surface area (Å²) >= 11 is 1.01. The largest absolute Gasteiger partial charge is 0.478 e. The van der Waals surface area contributed by atoms with Crippen molar-refractivity contribution in [2.45, 2.75) is 9.89 Å². The van der Waals surface area contributed by atoms with Crippen LogP contribution in [0.4, 0.5) is 0 Å². The number of aromatic carboxylic acids is 1. The Bertz CT molecular complexity index is 666. The number of carboxylic acids is 1. The lowest BCUT2D eigenvalue weighted by Gasteiger charge is -2.18. The Hall–Kier alpha value is -1.59. The first-order valence-electron chi connectivity index (χ1n) is 5.98. The summed E-state index contributed by atoms with van der Waals surface area (Å²) in [6.45, 7) is 0. The molecule has 0 saturated heterocycles. The third-order valence-corrected chi connectivity index (χ3v) is 5.83. The molecule has 0 bridgehead atoms. The molecule has 0 amide bonds. The van der Waals surface area contributed by atoms with Gasteiger partial charge in [-0.15, -0.1) is 11.8 Å². The fourth-order valence-electron chi connectivity index (χ4n) is 1.75. The van der Waals surface area contributed by atoms with E-state index in [0.717, 1.165) is 11.8 Å². The molecule has 2 rings (SSSR count). The van der Waals surface area contributed by atoms with Crippen LogP contribution in [0.3, 0.4) is 0 Å². The van der Waals surface area contributed by atoms with E-state index in [9.17, 15) is 19.1 Å². The molecule has 0 spiro atoms. The third-order valence-electron chi connectivity index (χ3n) is 2.74. The lowest BCUT2D eigenvalue weighted by Crippen LogP contribution is -1.97. The molecule has 2 aromatic carbocycles. The van der Waals surface area contributed by atoms with Crippen LogP contribution in [0.25, 0.3) is 0 Å². The van der Waals surface area contributed by atoms with Crippen molar-refractivity contribution in [1.29, 1.82) is 0 Å². The summed E-state index contributed by atoms with van der Waals surface area (Å²) in [5.41, 5.74) is 0.657. The number of hydrogen-bond donors (Lipinski definition) is 3. The van der Waals surface area contributed by atoms with Gasteiger partial charge in [0.05, 0.1) is 5.56 Å². The monoisotopic (exact) mass is 324 g/mol. The maximum absolute atomic E-state index is 11.7. The van der Waals surface area contributed by atoms with Gasteiger partial charge >= 0.3 is 13.6 Å². The molecule has 0 saturated carbocycles. The summed E-state index contributed by atoms with van der Waals surface area (Å²) in [7, 11) is -4.35. The normalized spacial score (nSPS) is 12.9. The predicted molar refractivity (Wildman–Crippen MR) is 80.5 cm³/mol. The molecule has 1 unspecified atom stereocenters. The van der Waals surface area contributed by atoms with Crippen LogP contribution in [0.5, 0.6) is 0 Å². The van der Waals surface area contributed by atoms with E-state index in [1.807, 2.05) is 0 Å². The van der Waals surface area contributed by atoms with E-state index in [2.05, 4.69) is 0 Å². The van der Waals surface area contributed by atoms with Crippen LogP contribution in [0.15, 0.2) is 59.5 Å². The molecular weight excluding hydrogens is 311 g/mol. The molecule has 2 aromatic rings. The first-order chi connectivity index (χ1) is 9.88. The van der Waals surface area contributed by atoms with Crippen molar-refractivity contribution < 1.29 is 24.3 Å². The first-order valence-corrected chi connectivity index (χ1v) is 8.54. The van der Waals surface area contributed by atoms with Gasteiger partial charge in [0.25, 0.3) is 0 Å². The van der Waals surface area contributed by atoms with Gasteiger partial charge in [-0.2, -0.15) is 0 Å². The number of hydrogen-bond acceptors (Lipinski definition) is 3. The van der Waals surface area contributed by atoms with Crippen LogP contribution in [-0.2, 0) is 4.57 Å². The van der Waals surface area contributed by atoms with Gasteiger partial charge in [-0.1, -0.05) is 30.3 Å². The van der Waals surface area contributed by atoms with Gasteiger partial charge in [0.1, 0.15) is 4.99 Å². The fraction of sp³-hybridized carbons (Fsp3) is 0.0714. The standard InChI is InChI=1S/C14H13O5PS/c15-13(16)10-6-8-12(9-7-10)21-14(20(17,18)19)11-4-2-1-3-5-11/h1-9,14H,(H,15,16)(H2,17,18,19). The van der Waals surface area contributed by atoms with Gasteiger partial charge in [-0.25, -0.2) is 4.79 Å². The molecule has 21 heavy (non-hydrogen) atoms. The zero-order valence-electron chi connectivity index (χ0n) is 10.8. The van der Waals surface area contributed by atoms with Crippen LogP contribution in [-0.4, -0.2) is 20.9 Å². The van der Waals surface area contributed by atoms with Gasteiger partial charge in [-0.05, 0) is 29.8 Å². The molecule has 110 valence electrons. The second-order valence-corrected chi connectivity index (χ2v) is 7.52. The Morgan fingerprint density at radius 1 is 1.00 bits per heavy atom. The second kappa shape index (κ2) is 6.45. The van der Waals surface area contributed by atoms with Crippen LogP contribution < -0.4 is 0 Å². The van der Waals surface area contributed by atoms with Crippen LogP contribution in [0.2, 0.25) is 0 Å². The molecule has 0 aliphatic heterocycles. The van der Waals surface area contributed by atoms with Crippen molar-refractivity contribution in [2.75, 3.05) is 0 Å². The van der Waals surface area contributed by atoms with E-state index in [0.29, 0.717) is 10.5 Å². The third kappa shape index (κ3) is 4.19. The maximum Gasteiger partial charge on any atom is 0.343 e. The number of thioether (sulfide) groups is 1. The quantitative estimate of drug-likeness (QED) is 0.577. The van der Waals surface area contributed by atoms with Crippen molar-refractivity contribution >= 4 is 25.3 Å². The zero-order valence-corrected chi connectivity index (χ0v) is 12.5. The highest BCUT2D eigenvalue weighted by Gasteiger charge is 2.31. The molecule has 0 heterocycles. The SMILES string of the molecule is O=C(O)c1ccc(SC(c2ccccc2)P(=O)(O)O)cc1. The van der Waals surface area contributed by atoms with Crippen molar-refractivity contribution in [1.82, 2.24) is 0 Å². The topological polar surface area (TPSA) is 94.8 Å². The Labute approximate surface area is 125 Å². The maximum atomic E-state index is 11.7. The molecule has 0 aliphatic rings. The van der Waals surface area contributed by atoms with Gasteiger partial charge in [0.2, 0.25) is 0 Å². The van der Waals surface area contributed by atoms with Gasteiger partial charge in [-0.3, -0.25) is 4.57 Å². The van der Waals surface area contributed by atoms with Crippen LogP contribution >= 0.6 is 19.4 Å². The Kier molecular flexibility index (Phi) is 4.85. The molecule has 0 radical (unpaired) electrons. The van der Waals surface area contributed by atoms with Crippen LogP contribution in [0, 0.1) is 0 Å². The zero-order chi connectivity index (χ0) is 15.5. The average molecular weight is 324 g/mol. The molecule has 5 nitrogen and oxygen atoms in total. The Morgan fingerprint density at radius 3 is 2.05 bits per heavy atom. The smallest absolute Gasteiger partial charge is 0.343 e. The van der Waals surface area contributed by atoms with Gasteiger partial charge in [0.15, 0.2) is 0 Å². The Morgan fingerprint density at radius 2 is 1.57 bits per heavy atom. The second-order valence-electron chi connectivity index (χ2n) is 4.30. The average Bonchev–Trinajstić information content (AvgIpc) is 2.45. The van der Waals surface area contributed by atoms with Gasteiger partial charge in [0, 0.05) is 4.90 Å². The summed E-state index contributed by atoms with van der Waals surface area (Å²) < 4.78 is 11.7. The summed E-state index contributed by atoms with van der Waals surface area (Å²) in [4.78, 5) is 29.4. The summed E-state index contributed by atoms with van der Waals surface area (Å²) in [6, 6.07) is 14.4. The van der Waals surface area contributed by atoms with E-state index in [1.54, 1.807) is 42.5 Å². The molecule has 3 N–H and O–H groups in total. The van der Waals surface area contributed by atoms with E-state index in [-0.39, 0.29) is 5.56 Å².